The number of guanidine groups is 1. The summed E-state index contributed by atoms with van der Waals surface area (Å²) in [4.78, 5) is 8.77. The number of piperidine rings is 1. The van der Waals surface area contributed by atoms with E-state index in [0.717, 1.165) is 24.6 Å². The topological polar surface area (TPSA) is 51.1 Å². The van der Waals surface area contributed by atoms with Crippen molar-refractivity contribution in [2.75, 3.05) is 31.6 Å². The Labute approximate surface area is 172 Å². The number of benzene rings is 2. The molecule has 29 heavy (non-hydrogen) atoms. The number of hydrogen-bond acceptors (Lipinski definition) is 3. The highest BCUT2D eigenvalue weighted by Gasteiger charge is 2.19. The molecule has 0 bridgehead atoms. The van der Waals surface area contributed by atoms with Crippen LogP contribution in [-0.2, 0) is 13.1 Å². The molecule has 1 saturated heterocycles. The number of aliphatic imine (C=N–C) groups is 1. The van der Waals surface area contributed by atoms with Crippen LogP contribution in [0.25, 0.3) is 0 Å². The summed E-state index contributed by atoms with van der Waals surface area (Å²) >= 11 is 0. The van der Waals surface area contributed by atoms with Gasteiger partial charge in [-0.15, -0.1) is 0 Å². The zero-order valence-corrected chi connectivity index (χ0v) is 17.3. The van der Waals surface area contributed by atoms with Crippen molar-refractivity contribution in [1.29, 1.82) is 0 Å². The van der Waals surface area contributed by atoms with E-state index in [1.165, 1.54) is 5.56 Å². The molecule has 1 heterocycles. The van der Waals surface area contributed by atoms with Gasteiger partial charge in [-0.2, -0.15) is 0 Å². The summed E-state index contributed by atoms with van der Waals surface area (Å²) in [7, 11) is 2.00. The van der Waals surface area contributed by atoms with Crippen LogP contribution >= 0.6 is 0 Å². The molecule has 156 valence electrons. The summed E-state index contributed by atoms with van der Waals surface area (Å²) in [6, 6.07) is 15.6. The molecule has 1 aliphatic rings. The highest BCUT2D eigenvalue weighted by Crippen LogP contribution is 2.24. The molecule has 0 atom stereocenters. The van der Waals surface area contributed by atoms with Gasteiger partial charge in [0.25, 0.3) is 0 Å². The molecule has 5 nitrogen and oxygen atoms in total. The van der Waals surface area contributed by atoms with Crippen molar-refractivity contribution in [2.24, 2.45) is 4.99 Å². The van der Waals surface area contributed by atoms with Crippen LogP contribution in [0.2, 0.25) is 0 Å². The lowest BCUT2D eigenvalue weighted by Gasteiger charge is -2.31. The second-order valence-electron chi connectivity index (χ2n) is 7.52. The van der Waals surface area contributed by atoms with Crippen LogP contribution in [0.15, 0.2) is 53.5 Å². The minimum absolute atomic E-state index is 0.225. The third kappa shape index (κ3) is 5.94. The summed E-state index contributed by atoms with van der Waals surface area (Å²) in [5, 5.41) is 13.0. The van der Waals surface area contributed by atoms with Crippen molar-refractivity contribution < 1.29 is 9.50 Å². The zero-order chi connectivity index (χ0) is 20.6. The van der Waals surface area contributed by atoms with Gasteiger partial charge < -0.3 is 20.2 Å². The number of halogens is 1. The van der Waals surface area contributed by atoms with Crippen LogP contribution in [0.4, 0.5) is 10.1 Å². The summed E-state index contributed by atoms with van der Waals surface area (Å²) in [5.74, 6) is 0.572. The lowest BCUT2D eigenvalue weighted by molar-refractivity contribution is 0.145. The molecule has 0 unspecified atom stereocenters. The van der Waals surface area contributed by atoms with E-state index in [-0.39, 0.29) is 11.9 Å². The van der Waals surface area contributed by atoms with Gasteiger partial charge in [0.05, 0.1) is 18.3 Å². The number of nitrogens with one attached hydrogen (secondary N) is 1. The third-order valence-electron chi connectivity index (χ3n) is 5.19. The summed E-state index contributed by atoms with van der Waals surface area (Å²) in [5.41, 5.74) is 2.66. The van der Waals surface area contributed by atoms with Crippen molar-refractivity contribution in [3.05, 3.63) is 65.5 Å². The molecule has 0 aromatic heterocycles. The van der Waals surface area contributed by atoms with Gasteiger partial charge in [-0.1, -0.05) is 36.4 Å². The number of aliphatic hydroxyl groups excluding tert-OH is 1. The average Bonchev–Trinajstić information content (AvgIpc) is 2.72. The van der Waals surface area contributed by atoms with Crippen molar-refractivity contribution in [2.45, 2.75) is 39.0 Å². The highest BCUT2D eigenvalue weighted by atomic mass is 19.1. The fourth-order valence-corrected chi connectivity index (χ4v) is 3.58. The molecule has 0 amide bonds. The molecule has 3 rings (SSSR count). The zero-order valence-electron chi connectivity index (χ0n) is 17.3. The van der Waals surface area contributed by atoms with E-state index in [2.05, 4.69) is 22.3 Å². The van der Waals surface area contributed by atoms with Crippen LogP contribution < -0.4 is 10.2 Å². The Kier molecular flexibility index (Phi) is 7.47. The molecule has 1 aliphatic heterocycles. The first-order valence-corrected chi connectivity index (χ1v) is 10.3. The fourth-order valence-electron chi connectivity index (χ4n) is 3.58. The van der Waals surface area contributed by atoms with Gasteiger partial charge in [-0.25, -0.2) is 9.38 Å². The Morgan fingerprint density at radius 3 is 2.55 bits per heavy atom. The third-order valence-corrected chi connectivity index (χ3v) is 5.19. The number of rotatable bonds is 6. The molecule has 2 N–H and O–H groups in total. The average molecular weight is 399 g/mol. The fraction of sp³-hybridized carbons (Fsp3) is 0.435. The largest absolute Gasteiger partial charge is 0.393 e. The van der Waals surface area contributed by atoms with E-state index in [1.807, 2.05) is 49.2 Å². The summed E-state index contributed by atoms with van der Waals surface area (Å²) in [6.07, 6.45) is 1.11. The van der Waals surface area contributed by atoms with Gasteiger partial charge in [0.2, 0.25) is 0 Å². The maximum absolute atomic E-state index is 14.7. The highest BCUT2D eigenvalue weighted by molar-refractivity contribution is 5.79. The molecule has 0 spiro atoms. The van der Waals surface area contributed by atoms with Crippen LogP contribution in [0.5, 0.6) is 0 Å². The quantitative estimate of drug-likeness (QED) is 0.579. The van der Waals surface area contributed by atoms with Gasteiger partial charge in [0, 0.05) is 33.2 Å². The van der Waals surface area contributed by atoms with Crippen molar-refractivity contribution >= 4 is 11.6 Å². The minimum Gasteiger partial charge on any atom is -0.393 e. The van der Waals surface area contributed by atoms with Crippen LogP contribution in [0.1, 0.15) is 30.9 Å². The number of anilines is 1. The van der Waals surface area contributed by atoms with E-state index in [4.69, 9.17) is 4.99 Å². The number of nitrogens with zero attached hydrogens (tertiary/aromatic N) is 3. The van der Waals surface area contributed by atoms with E-state index in [1.54, 1.807) is 6.07 Å². The Balaban J connectivity index is 1.66. The van der Waals surface area contributed by atoms with E-state index in [0.29, 0.717) is 38.2 Å². The van der Waals surface area contributed by atoms with Crippen LogP contribution in [0, 0.1) is 5.82 Å². The molecular formula is C23H31FN4O. The predicted octanol–water partition coefficient (Wildman–Crippen LogP) is 3.38. The monoisotopic (exact) mass is 398 g/mol. The summed E-state index contributed by atoms with van der Waals surface area (Å²) < 4.78 is 14.7. The Morgan fingerprint density at radius 1 is 1.17 bits per heavy atom. The van der Waals surface area contributed by atoms with Crippen molar-refractivity contribution in [1.82, 2.24) is 10.2 Å². The van der Waals surface area contributed by atoms with Crippen molar-refractivity contribution in [3.63, 3.8) is 0 Å². The smallest absolute Gasteiger partial charge is 0.194 e. The van der Waals surface area contributed by atoms with Gasteiger partial charge in [-0.05, 0) is 43.0 Å². The Hall–Kier alpha value is -2.60. The predicted molar refractivity (Wildman–Crippen MR) is 117 cm³/mol. The first-order chi connectivity index (χ1) is 14.1. The summed E-state index contributed by atoms with van der Waals surface area (Å²) in [6.45, 7) is 5.34. The second kappa shape index (κ2) is 10.3. The molecule has 0 aliphatic carbocycles. The lowest BCUT2D eigenvalue weighted by atomic mass is 10.1. The minimum atomic E-state index is -0.264. The normalized spacial score (nSPS) is 15.4. The van der Waals surface area contributed by atoms with Gasteiger partial charge in [0.1, 0.15) is 5.82 Å². The molecule has 6 heteroatoms. The van der Waals surface area contributed by atoms with Crippen LogP contribution in [-0.4, -0.2) is 48.8 Å². The molecular weight excluding hydrogens is 367 g/mol. The molecule has 2 aromatic carbocycles. The lowest BCUT2D eigenvalue weighted by Crippen LogP contribution is -2.38. The molecule has 0 radical (unpaired) electrons. The molecule has 2 aromatic rings. The standard InChI is InChI=1S/C23H31FN4O/c1-3-25-23(27(2)17-18-7-5-4-6-8-18)26-16-19-9-10-22(21(24)15-19)28-13-11-20(29)12-14-28/h4-10,15,20,29H,3,11-14,16-17H2,1-2H3,(H,25,26). The molecule has 1 fully saturated rings. The van der Waals surface area contributed by atoms with E-state index >= 15 is 0 Å². The number of aliphatic hydroxyl groups is 1. The molecule has 0 saturated carbocycles. The SMILES string of the molecule is CCNC(=NCc1ccc(N2CCC(O)CC2)c(F)c1)N(C)Cc1ccccc1. The Morgan fingerprint density at radius 2 is 1.90 bits per heavy atom. The second-order valence-corrected chi connectivity index (χ2v) is 7.52. The van der Waals surface area contributed by atoms with E-state index in [9.17, 15) is 9.50 Å². The van der Waals surface area contributed by atoms with Gasteiger partial charge in [-0.3, -0.25) is 0 Å². The van der Waals surface area contributed by atoms with E-state index < -0.39 is 0 Å². The van der Waals surface area contributed by atoms with Crippen LogP contribution in [0.3, 0.4) is 0 Å². The van der Waals surface area contributed by atoms with Gasteiger partial charge >= 0.3 is 0 Å². The van der Waals surface area contributed by atoms with Gasteiger partial charge in [0.15, 0.2) is 5.96 Å². The first-order valence-electron chi connectivity index (χ1n) is 10.3. The number of hydrogen-bond donors (Lipinski definition) is 2. The maximum atomic E-state index is 14.7. The Bertz CT molecular complexity index is 804. The first kappa shape index (κ1) is 21.1. The maximum Gasteiger partial charge on any atom is 0.194 e. The van der Waals surface area contributed by atoms with Crippen molar-refractivity contribution in [3.8, 4) is 0 Å².